The van der Waals surface area contributed by atoms with Crippen molar-refractivity contribution in [1.29, 1.82) is 0 Å². The minimum atomic E-state index is 0.648. The largest absolute Gasteiger partial charge is 0.314 e. The molecule has 19 heavy (non-hydrogen) atoms. The Morgan fingerprint density at radius 3 is 2.26 bits per heavy atom. The first-order valence-corrected chi connectivity index (χ1v) is 8.05. The molecular formula is C18H31N. The summed E-state index contributed by atoms with van der Waals surface area (Å²) in [6.45, 7) is 7.71. The van der Waals surface area contributed by atoms with Gasteiger partial charge in [-0.25, -0.2) is 0 Å². The number of unbranched alkanes of at least 4 members (excludes halogenated alkanes) is 4. The number of likely N-dealkylation sites (N-methyl/N-ethyl adjacent to an activating group) is 1. The molecule has 0 saturated carbocycles. The third-order valence-corrected chi connectivity index (χ3v) is 3.75. The number of aryl methyl sites for hydroxylation is 1. The summed E-state index contributed by atoms with van der Waals surface area (Å²) in [5.41, 5.74) is 2.81. The van der Waals surface area contributed by atoms with Crippen LogP contribution in [0.5, 0.6) is 0 Å². The Hall–Kier alpha value is -0.820. The standard InChI is InChI=1S/C18H31N/c1-4-6-7-8-9-10-18(19-5-2)15-17-13-11-16(3)12-14-17/h11-14,18-19H,4-10,15H2,1-3H3. The van der Waals surface area contributed by atoms with Gasteiger partial charge in [0.25, 0.3) is 0 Å². The molecule has 0 radical (unpaired) electrons. The van der Waals surface area contributed by atoms with E-state index < -0.39 is 0 Å². The molecule has 1 atom stereocenters. The van der Waals surface area contributed by atoms with Crippen molar-refractivity contribution < 1.29 is 0 Å². The quantitative estimate of drug-likeness (QED) is 0.592. The Bertz CT molecular complexity index is 315. The van der Waals surface area contributed by atoms with Gasteiger partial charge in [0.05, 0.1) is 0 Å². The van der Waals surface area contributed by atoms with E-state index >= 15 is 0 Å². The Balaban J connectivity index is 2.33. The monoisotopic (exact) mass is 261 g/mol. The van der Waals surface area contributed by atoms with Gasteiger partial charge in [-0.05, 0) is 31.9 Å². The fraction of sp³-hybridized carbons (Fsp3) is 0.667. The van der Waals surface area contributed by atoms with E-state index in [1.54, 1.807) is 0 Å². The number of benzene rings is 1. The molecule has 0 fully saturated rings. The molecule has 0 spiro atoms. The van der Waals surface area contributed by atoms with Crippen LogP contribution in [0, 0.1) is 6.92 Å². The Labute approximate surface area is 119 Å². The summed E-state index contributed by atoms with van der Waals surface area (Å²) in [6.07, 6.45) is 9.37. The first kappa shape index (κ1) is 16.2. The molecule has 0 amide bonds. The van der Waals surface area contributed by atoms with Crippen molar-refractivity contribution in [3.8, 4) is 0 Å². The van der Waals surface area contributed by atoms with Crippen molar-refractivity contribution in [2.45, 2.75) is 71.8 Å². The molecule has 0 aliphatic carbocycles. The van der Waals surface area contributed by atoms with E-state index in [1.807, 2.05) is 0 Å². The fourth-order valence-electron chi connectivity index (χ4n) is 2.57. The molecule has 108 valence electrons. The highest BCUT2D eigenvalue weighted by Crippen LogP contribution is 2.12. The van der Waals surface area contributed by atoms with Crippen LogP contribution in [-0.2, 0) is 6.42 Å². The van der Waals surface area contributed by atoms with Crippen molar-refractivity contribution in [1.82, 2.24) is 5.32 Å². The van der Waals surface area contributed by atoms with Crippen molar-refractivity contribution in [3.63, 3.8) is 0 Å². The van der Waals surface area contributed by atoms with Crippen LogP contribution in [-0.4, -0.2) is 12.6 Å². The maximum absolute atomic E-state index is 3.64. The van der Waals surface area contributed by atoms with Gasteiger partial charge in [-0.3, -0.25) is 0 Å². The van der Waals surface area contributed by atoms with Crippen molar-refractivity contribution in [2.24, 2.45) is 0 Å². The van der Waals surface area contributed by atoms with Crippen LogP contribution >= 0.6 is 0 Å². The molecule has 1 nitrogen and oxygen atoms in total. The molecule has 0 aromatic heterocycles. The second kappa shape index (κ2) is 10.0. The first-order chi connectivity index (χ1) is 9.26. The van der Waals surface area contributed by atoms with Gasteiger partial charge >= 0.3 is 0 Å². The summed E-state index contributed by atoms with van der Waals surface area (Å²) >= 11 is 0. The molecule has 1 aromatic rings. The first-order valence-electron chi connectivity index (χ1n) is 8.05. The SMILES string of the molecule is CCCCCCCC(Cc1ccc(C)cc1)NCC. The predicted molar refractivity (Wildman–Crippen MR) is 85.7 cm³/mol. The van der Waals surface area contributed by atoms with Crippen LogP contribution in [0.1, 0.15) is 63.5 Å². The fourth-order valence-corrected chi connectivity index (χ4v) is 2.57. The summed E-state index contributed by atoms with van der Waals surface area (Å²) in [6, 6.07) is 9.64. The van der Waals surface area contributed by atoms with Gasteiger partial charge in [-0.2, -0.15) is 0 Å². The second-order valence-corrected chi connectivity index (χ2v) is 5.65. The summed E-state index contributed by atoms with van der Waals surface area (Å²) in [5, 5.41) is 3.64. The van der Waals surface area contributed by atoms with Crippen LogP contribution in [0.3, 0.4) is 0 Å². The summed E-state index contributed by atoms with van der Waals surface area (Å²) < 4.78 is 0. The Kier molecular flexibility index (Phi) is 8.57. The van der Waals surface area contributed by atoms with Crippen LogP contribution in [0.2, 0.25) is 0 Å². The van der Waals surface area contributed by atoms with E-state index in [-0.39, 0.29) is 0 Å². The topological polar surface area (TPSA) is 12.0 Å². The average molecular weight is 261 g/mol. The highest BCUT2D eigenvalue weighted by Gasteiger charge is 2.07. The van der Waals surface area contributed by atoms with Gasteiger partial charge in [0, 0.05) is 6.04 Å². The van der Waals surface area contributed by atoms with E-state index in [0.29, 0.717) is 6.04 Å². The molecule has 1 rings (SSSR count). The molecule has 1 N–H and O–H groups in total. The maximum atomic E-state index is 3.64. The van der Waals surface area contributed by atoms with Gasteiger partial charge in [0.2, 0.25) is 0 Å². The van der Waals surface area contributed by atoms with E-state index in [0.717, 1.165) is 6.54 Å². The molecule has 0 saturated heterocycles. The van der Waals surface area contributed by atoms with Gasteiger partial charge < -0.3 is 5.32 Å². The molecule has 1 unspecified atom stereocenters. The van der Waals surface area contributed by atoms with Crippen molar-refractivity contribution in [2.75, 3.05) is 6.54 Å². The predicted octanol–water partition coefficient (Wildman–Crippen LogP) is 4.88. The minimum absolute atomic E-state index is 0.648. The Morgan fingerprint density at radius 1 is 0.947 bits per heavy atom. The molecule has 1 aromatic carbocycles. The zero-order valence-corrected chi connectivity index (χ0v) is 13.0. The van der Waals surface area contributed by atoms with Gasteiger partial charge in [-0.1, -0.05) is 75.8 Å². The highest BCUT2D eigenvalue weighted by molar-refractivity contribution is 5.22. The number of hydrogen-bond acceptors (Lipinski definition) is 1. The maximum Gasteiger partial charge on any atom is 0.0107 e. The second-order valence-electron chi connectivity index (χ2n) is 5.65. The third-order valence-electron chi connectivity index (χ3n) is 3.75. The molecule has 0 heterocycles. The van der Waals surface area contributed by atoms with Crippen molar-refractivity contribution >= 4 is 0 Å². The van der Waals surface area contributed by atoms with Gasteiger partial charge in [-0.15, -0.1) is 0 Å². The Morgan fingerprint density at radius 2 is 1.63 bits per heavy atom. The molecular weight excluding hydrogens is 230 g/mol. The van der Waals surface area contributed by atoms with Crippen LogP contribution < -0.4 is 5.32 Å². The molecule has 0 aliphatic heterocycles. The van der Waals surface area contributed by atoms with E-state index in [4.69, 9.17) is 0 Å². The van der Waals surface area contributed by atoms with E-state index in [2.05, 4.69) is 50.4 Å². The lowest BCUT2D eigenvalue weighted by Gasteiger charge is -2.18. The highest BCUT2D eigenvalue weighted by atomic mass is 14.9. The average Bonchev–Trinajstić information content (AvgIpc) is 2.41. The summed E-state index contributed by atoms with van der Waals surface area (Å²) in [5.74, 6) is 0. The lowest BCUT2D eigenvalue weighted by atomic mass is 9.99. The van der Waals surface area contributed by atoms with Gasteiger partial charge in [0.15, 0.2) is 0 Å². The molecule has 1 heteroatoms. The molecule has 0 bridgehead atoms. The number of nitrogens with one attached hydrogen (secondary N) is 1. The number of rotatable bonds is 10. The molecule has 0 aliphatic rings. The summed E-state index contributed by atoms with van der Waals surface area (Å²) in [4.78, 5) is 0. The smallest absolute Gasteiger partial charge is 0.0107 e. The zero-order chi connectivity index (χ0) is 13.9. The minimum Gasteiger partial charge on any atom is -0.314 e. The third kappa shape index (κ3) is 7.37. The van der Waals surface area contributed by atoms with Crippen LogP contribution in [0.4, 0.5) is 0 Å². The van der Waals surface area contributed by atoms with E-state index in [1.165, 1.54) is 56.1 Å². The van der Waals surface area contributed by atoms with Crippen molar-refractivity contribution in [3.05, 3.63) is 35.4 Å². The zero-order valence-electron chi connectivity index (χ0n) is 13.0. The van der Waals surface area contributed by atoms with Crippen LogP contribution in [0.25, 0.3) is 0 Å². The number of hydrogen-bond donors (Lipinski definition) is 1. The van der Waals surface area contributed by atoms with Gasteiger partial charge in [0.1, 0.15) is 0 Å². The van der Waals surface area contributed by atoms with Crippen LogP contribution in [0.15, 0.2) is 24.3 Å². The summed E-state index contributed by atoms with van der Waals surface area (Å²) in [7, 11) is 0. The lowest BCUT2D eigenvalue weighted by Crippen LogP contribution is -2.30. The lowest BCUT2D eigenvalue weighted by molar-refractivity contribution is 0.461. The van der Waals surface area contributed by atoms with E-state index in [9.17, 15) is 0 Å². The normalized spacial score (nSPS) is 12.6.